The largest absolute Gasteiger partial charge is 0.450 e. The van der Waals surface area contributed by atoms with Crippen LogP contribution in [0, 0.1) is 0 Å². The first-order chi connectivity index (χ1) is 16.1. The third-order valence-electron chi connectivity index (χ3n) is 7.45. The molecule has 2 aromatic rings. The van der Waals surface area contributed by atoms with Gasteiger partial charge in [-0.15, -0.1) is 0 Å². The highest BCUT2D eigenvalue weighted by molar-refractivity contribution is 5.96. The number of carbonyl (C=O) groups is 1. The van der Waals surface area contributed by atoms with Crippen molar-refractivity contribution < 1.29 is 9.53 Å². The first kappa shape index (κ1) is 25.6. The van der Waals surface area contributed by atoms with Crippen molar-refractivity contribution in [1.82, 2.24) is 4.90 Å². The molecule has 0 radical (unpaired) electrons. The highest BCUT2D eigenvalue weighted by atomic mass is 16.6. The topological polar surface area (TPSA) is 54.3 Å². The van der Waals surface area contributed by atoms with E-state index in [1.54, 1.807) is 0 Å². The van der Waals surface area contributed by atoms with Crippen LogP contribution >= 0.6 is 0 Å². The molecule has 1 saturated heterocycles. The van der Waals surface area contributed by atoms with Crippen LogP contribution < -0.4 is 0 Å². The molecular formula is C30H41N3O2. The number of esters is 1. The lowest BCUT2D eigenvalue weighted by atomic mass is 9.80. The number of hydrogen-bond acceptors (Lipinski definition) is 5. The number of ether oxygens (including phenoxy) is 1. The Kier molecular flexibility index (Phi) is 6.24. The van der Waals surface area contributed by atoms with Crippen LogP contribution in [0.2, 0.25) is 0 Å². The summed E-state index contributed by atoms with van der Waals surface area (Å²) in [5, 5.41) is 9.43. The highest BCUT2D eigenvalue weighted by Gasteiger charge is 2.49. The summed E-state index contributed by atoms with van der Waals surface area (Å²) in [6.45, 7) is 21.8. The van der Waals surface area contributed by atoms with Crippen molar-refractivity contribution in [3.8, 4) is 0 Å². The first-order valence-corrected chi connectivity index (χ1v) is 12.8. The molecule has 0 amide bonds. The third-order valence-corrected chi connectivity index (χ3v) is 7.45. The van der Waals surface area contributed by atoms with Crippen molar-refractivity contribution in [2.24, 2.45) is 10.2 Å². The monoisotopic (exact) mass is 475 g/mol. The molecule has 0 saturated carbocycles. The van der Waals surface area contributed by atoms with Crippen LogP contribution in [0.25, 0.3) is 0 Å². The van der Waals surface area contributed by atoms with Gasteiger partial charge in [-0.1, -0.05) is 53.7 Å². The fourth-order valence-electron chi connectivity index (χ4n) is 5.09. The molecule has 2 heterocycles. The Hall–Kier alpha value is -2.53. The lowest BCUT2D eigenvalue weighted by Gasteiger charge is -2.44. The molecule has 0 aliphatic carbocycles. The van der Waals surface area contributed by atoms with Crippen molar-refractivity contribution in [2.45, 2.75) is 97.1 Å². The Bertz CT molecular complexity index is 1120. The van der Waals surface area contributed by atoms with E-state index in [9.17, 15) is 4.79 Å². The number of hydrogen-bond donors (Lipinski definition) is 0. The second kappa shape index (κ2) is 8.55. The fraction of sp³-hybridized carbons (Fsp3) is 0.567. The number of likely N-dealkylation sites (tertiary alicyclic amines) is 1. The molecule has 0 aromatic heterocycles. The van der Waals surface area contributed by atoms with Gasteiger partial charge in [-0.3, -0.25) is 4.90 Å². The Morgan fingerprint density at radius 1 is 0.829 bits per heavy atom. The molecule has 2 aliphatic rings. The van der Waals surface area contributed by atoms with Crippen LogP contribution in [0.4, 0.5) is 11.4 Å². The number of azo groups is 1. The molecule has 188 valence electrons. The Balaban J connectivity index is 1.73. The summed E-state index contributed by atoms with van der Waals surface area (Å²) >= 11 is 0. The summed E-state index contributed by atoms with van der Waals surface area (Å²) < 4.78 is 6.07. The molecule has 35 heavy (non-hydrogen) atoms. The maximum Gasteiger partial charge on any atom is 0.339 e. The smallest absolute Gasteiger partial charge is 0.339 e. The summed E-state index contributed by atoms with van der Waals surface area (Å²) in [5.74, 6) is -0.244. The van der Waals surface area contributed by atoms with Crippen LogP contribution in [-0.4, -0.2) is 29.5 Å². The van der Waals surface area contributed by atoms with E-state index in [0.717, 1.165) is 42.9 Å². The fourth-order valence-corrected chi connectivity index (χ4v) is 5.09. The van der Waals surface area contributed by atoms with Crippen molar-refractivity contribution in [3.05, 3.63) is 58.7 Å². The Morgan fingerprint density at radius 2 is 1.40 bits per heavy atom. The third kappa shape index (κ3) is 5.06. The Labute approximate surface area is 211 Å². The number of carbonyl (C=O) groups excluding carboxylic acids is 1. The SMILES string of the molecule is CC(C)(C)c1cc(N=Nc2cccc3c2C2(CCN(C(C)(C)C)CC2)OC3=O)cc(C(C)(C)C)c1. The van der Waals surface area contributed by atoms with Crippen LogP contribution in [0.1, 0.15) is 102 Å². The summed E-state index contributed by atoms with van der Waals surface area (Å²) in [6.07, 6.45) is 1.53. The second-order valence-electron chi connectivity index (χ2n) is 13.2. The molecule has 1 fully saturated rings. The highest BCUT2D eigenvalue weighted by Crippen LogP contribution is 2.49. The van der Waals surface area contributed by atoms with Gasteiger partial charge in [0.25, 0.3) is 0 Å². The van der Waals surface area contributed by atoms with Crippen molar-refractivity contribution in [2.75, 3.05) is 13.1 Å². The summed E-state index contributed by atoms with van der Waals surface area (Å²) in [7, 11) is 0. The van der Waals surface area contributed by atoms with Gasteiger partial charge in [0, 0.05) is 37.0 Å². The van der Waals surface area contributed by atoms with E-state index in [1.807, 2.05) is 18.2 Å². The number of nitrogens with zero attached hydrogens (tertiary/aromatic N) is 3. The lowest BCUT2D eigenvalue weighted by molar-refractivity contribution is -0.0560. The minimum atomic E-state index is -0.617. The molecule has 5 heteroatoms. The van der Waals surface area contributed by atoms with Gasteiger partial charge in [-0.05, 0) is 67.0 Å². The van der Waals surface area contributed by atoms with Gasteiger partial charge in [-0.2, -0.15) is 10.2 Å². The minimum Gasteiger partial charge on any atom is -0.450 e. The van der Waals surface area contributed by atoms with E-state index in [4.69, 9.17) is 15.0 Å². The van der Waals surface area contributed by atoms with E-state index in [0.29, 0.717) is 5.56 Å². The zero-order valence-corrected chi connectivity index (χ0v) is 23.0. The molecule has 5 nitrogen and oxygen atoms in total. The number of rotatable bonds is 2. The predicted molar refractivity (Wildman–Crippen MR) is 142 cm³/mol. The molecule has 4 rings (SSSR count). The summed E-state index contributed by atoms with van der Waals surface area (Å²) in [4.78, 5) is 15.3. The average Bonchev–Trinajstić information content (AvgIpc) is 3.02. The van der Waals surface area contributed by atoms with Crippen LogP contribution in [0.5, 0.6) is 0 Å². The van der Waals surface area contributed by atoms with Gasteiger partial charge < -0.3 is 4.74 Å². The molecule has 1 spiro atoms. The van der Waals surface area contributed by atoms with Crippen LogP contribution in [-0.2, 0) is 21.2 Å². The van der Waals surface area contributed by atoms with Crippen molar-refractivity contribution in [1.29, 1.82) is 0 Å². The second-order valence-corrected chi connectivity index (χ2v) is 13.2. The van der Waals surface area contributed by atoms with Gasteiger partial charge in [0.1, 0.15) is 5.60 Å². The molecular weight excluding hydrogens is 434 g/mol. The summed E-state index contributed by atoms with van der Waals surface area (Å²) in [6, 6.07) is 12.2. The number of piperidine rings is 1. The lowest BCUT2D eigenvalue weighted by Crippen LogP contribution is -2.50. The minimum absolute atomic E-state index is 0.00483. The van der Waals surface area contributed by atoms with Gasteiger partial charge >= 0.3 is 5.97 Å². The normalized spacial score (nSPS) is 18.8. The number of benzene rings is 2. The van der Waals surface area contributed by atoms with Crippen LogP contribution in [0.3, 0.4) is 0 Å². The van der Waals surface area contributed by atoms with E-state index in [1.165, 1.54) is 11.1 Å². The molecule has 0 unspecified atom stereocenters. The summed E-state index contributed by atoms with van der Waals surface area (Å²) in [5.41, 5.74) is 5.06. The standard InChI is InChI=1S/C30H41N3O2/c1-27(2,3)20-17-21(28(4,5)6)19-22(18-20)31-32-24-12-10-11-23-25(24)30(35-26(23)34)13-15-33(16-14-30)29(7,8)9/h10-12,17-19H,13-16H2,1-9H3. The Morgan fingerprint density at radius 3 is 1.91 bits per heavy atom. The molecule has 2 aliphatic heterocycles. The van der Waals surface area contributed by atoms with Crippen molar-refractivity contribution in [3.63, 3.8) is 0 Å². The maximum absolute atomic E-state index is 12.8. The quantitative estimate of drug-likeness (QED) is 0.327. The average molecular weight is 476 g/mol. The number of fused-ring (bicyclic) bond motifs is 2. The predicted octanol–water partition coefficient (Wildman–Crippen LogP) is 7.96. The first-order valence-electron chi connectivity index (χ1n) is 12.8. The van der Waals surface area contributed by atoms with Gasteiger partial charge in [0.2, 0.25) is 0 Å². The van der Waals surface area contributed by atoms with E-state index in [-0.39, 0.29) is 22.3 Å². The zero-order valence-electron chi connectivity index (χ0n) is 23.0. The van der Waals surface area contributed by atoms with Crippen molar-refractivity contribution >= 4 is 17.3 Å². The maximum atomic E-state index is 12.8. The van der Waals surface area contributed by atoms with E-state index in [2.05, 4.69) is 85.4 Å². The molecule has 2 aromatic carbocycles. The molecule has 0 bridgehead atoms. The molecule has 0 N–H and O–H groups in total. The van der Waals surface area contributed by atoms with E-state index >= 15 is 0 Å². The van der Waals surface area contributed by atoms with Gasteiger partial charge in [0.15, 0.2) is 0 Å². The van der Waals surface area contributed by atoms with Gasteiger partial charge in [-0.25, -0.2) is 4.79 Å². The van der Waals surface area contributed by atoms with E-state index < -0.39 is 5.60 Å². The van der Waals surface area contributed by atoms with Crippen LogP contribution in [0.15, 0.2) is 46.6 Å². The zero-order chi connectivity index (χ0) is 25.8. The molecule has 0 atom stereocenters. The van der Waals surface area contributed by atoms with Gasteiger partial charge in [0.05, 0.1) is 16.9 Å².